The molecular weight excluding hydrogens is 560 g/mol. The summed E-state index contributed by atoms with van der Waals surface area (Å²) in [7, 11) is 2.96. The van der Waals surface area contributed by atoms with Crippen LogP contribution in [0.3, 0.4) is 0 Å². The van der Waals surface area contributed by atoms with Gasteiger partial charge in [0.1, 0.15) is 11.5 Å². The molecule has 3 atom stereocenters. The third kappa shape index (κ3) is 3.55. The number of nitro groups is 1. The Morgan fingerprint density at radius 3 is 2.23 bits per heavy atom. The van der Waals surface area contributed by atoms with Crippen LogP contribution < -0.4 is 14.4 Å². The lowest BCUT2D eigenvalue weighted by molar-refractivity contribution is -0.384. The SMILES string of the molecule is COc1cccc([C@@H]2[C@@H](C(=O)c3cccc([N+](=O)[O-])c3)N3c4ccccc4C=C[C@@H]3C23C(=O)c2ccccc2C3=O)c1OC. The van der Waals surface area contributed by atoms with Gasteiger partial charge in [0.25, 0.3) is 5.69 Å². The van der Waals surface area contributed by atoms with E-state index in [0.717, 1.165) is 5.56 Å². The van der Waals surface area contributed by atoms with Crippen molar-refractivity contribution in [3.05, 3.63) is 135 Å². The molecule has 2 aliphatic heterocycles. The van der Waals surface area contributed by atoms with E-state index >= 15 is 0 Å². The first-order valence-electron chi connectivity index (χ1n) is 14.1. The highest BCUT2D eigenvalue weighted by Crippen LogP contribution is 2.62. The number of hydrogen-bond donors (Lipinski definition) is 0. The lowest BCUT2D eigenvalue weighted by Crippen LogP contribution is -2.48. The molecule has 9 heteroatoms. The van der Waals surface area contributed by atoms with Crippen molar-refractivity contribution in [1.82, 2.24) is 0 Å². The van der Waals surface area contributed by atoms with Gasteiger partial charge in [-0.1, -0.05) is 78.9 Å². The van der Waals surface area contributed by atoms with Gasteiger partial charge in [-0.25, -0.2) is 0 Å². The Hall–Kier alpha value is -5.57. The second kappa shape index (κ2) is 10.0. The quantitative estimate of drug-likeness (QED) is 0.118. The fourth-order valence-electron chi connectivity index (χ4n) is 7.36. The van der Waals surface area contributed by atoms with Crippen LogP contribution in [0.1, 0.15) is 48.1 Å². The Labute approximate surface area is 252 Å². The Bertz CT molecular complexity index is 1890. The number of carbonyl (C=O) groups is 3. The van der Waals surface area contributed by atoms with Gasteiger partial charge < -0.3 is 14.4 Å². The summed E-state index contributed by atoms with van der Waals surface area (Å²) < 4.78 is 11.5. The number of nitrogens with zero attached hydrogens (tertiary/aromatic N) is 2. The van der Waals surface area contributed by atoms with E-state index in [-0.39, 0.29) is 22.8 Å². The molecule has 0 amide bonds. The van der Waals surface area contributed by atoms with Gasteiger partial charge in [0.05, 0.1) is 25.2 Å². The zero-order chi connectivity index (χ0) is 30.7. The molecule has 0 radical (unpaired) electrons. The number of benzene rings is 4. The maximum absolute atomic E-state index is 14.9. The molecule has 0 unspecified atom stereocenters. The van der Waals surface area contributed by atoms with E-state index in [4.69, 9.17) is 9.47 Å². The van der Waals surface area contributed by atoms with Crippen molar-refractivity contribution in [2.45, 2.75) is 18.0 Å². The number of methoxy groups -OCH3 is 2. The highest BCUT2D eigenvalue weighted by molar-refractivity contribution is 6.32. The predicted molar refractivity (Wildman–Crippen MR) is 163 cm³/mol. The molecular formula is C35H26N2O7. The number of para-hydroxylation sites is 2. The van der Waals surface area contributed by atoms with Crippen molar-refractivity contribution < 1.29 is 28.8 Å². The number of carbonyl (C=O) groups excluding carboxylic acids is 3. The molecule has 1 aliphatic carbocycles. The summed E-state index contributed by atoms with van der Waals surface area (Å²) in [5, 5.41) is 11.7. The number of non-ortho nitro benzene ring substituents is 1. The van der Waals surface area contributed by atoms with Crippen LogP contribution in [0, 0.1) is 15.5 Å². The minimum atomic E-state index is -1.76. The van der Waals surface area contributed by atoms with E-state index in [1.165, 1.54) is 38.5 Å². The third-order valence-corrected chi connectivity index (χ3v) is 9.09. The van der Waals surface area contributed by atoms with Gasteiger partial charge >= 0.3 is 0 Å². The molecule has 218 valence electrons. The molecule has 0 saturated carbocycles. The standard InChI is InChI=1S/C35H26N2O7/c1-43-27-16-8-14-25(32(27)44-2)29-30(31(38)21-10-7-11-22(19-21)37(41)42)36-26-15-6-3-9-20(26)17-18-28(36)35(29)33(39)23-12-4-5-13-24(23)34(35)40/h3-19,28-30H,1-2H3/t28-,29-,30+/m1/s1. The molecule has 0 N–H and O–H groups in total. The fourth-order valence-corrected chi connectivity index (χ4v) is 7.36. The number of fused-ring (bicyclic) bond motifs is 5. The molecule has 0 bridgehead atoms. The van der Waals surface area contributed by atoms with E-state index in [0.29, 0.717) is 33.9 Å². The Morgan fingerprint density at radius 1 is 0.864 bits per heavy atom. The molecule has 4 aromatic rings. The van der Waals surface area contributed by atoms with Crippen LogP contribution in [0.2, 0.25) is 0 Å². The van der Waals surface area contributed by atoms with Crippen molar-refractivity contribution in [2.24, 2.45) is 5.41 Å². The number of Topliss-reactive ketones (excluding diaryl/α,β-unsaturated/α-hetero) is 3. The van der Waals surface area contributed by atoms with Gasteiger partial charge in [0.2, 0.25) is 0 Å². The van der Waals surface area contributed by atoms with E-state index in [9.17, 15) is 24.5 Å². The lowest BCUT2D eigenvalue weighted by atomic mass is 9.64. The van der Waals surface area contributed by atoms with Crippen molar-refractivity contribution in [3.63, 3.8) is 0 Å². The predicted octanol–water partition coefficient (Wildman–Crippen LogP) is 5.93. The molecule has 44 heavy (non-hydrogen) atoms. The summed E-state index contributed by atoms with van der Waals surface area (Å²) in [5.41, 5.74) is 0.609. The van der Waals surface area contributed by atoms with Crippen LogP contribution in [0.5, 0.6) is 11.5 Å². The first kappa shape index (κ1) is 27.3. The zero-order valence-electron chi connectivity index (χ0n) is 23.8. The van der Waals surface area contributed by atoms with E-state index < -0.39 is 34.1 Å². The largest absolute Gasteiger partial charge is 0.493 e. The summed E-state index contributed by atoms with van der Waals surface area (Å²) in [4.78, 5) is 57.5. The lowest BCUT2D eigenvalue weighted by Gasteiger charge is -2.37. The molecule has 1 saturated heterocycles. The minimum Gasteiger partial charge on any atom is -0.493 e. The summed E-state index contributed by atoms with van der Waals surface area (Å²) in [6.45, 7) is 0. The fraction of sp³-hybridized carbons (Fsp3) is 0.171. The number of anilines is 1. The first-order chi connectivity index (χ1) is 21.3. The van der Waals surface area contributed by atoms with Crippen LogP contribution in [0.4, 0.5) is 11.4 Å². The summed E-state index contributed by atoms with van der Waals surface area (Å²) in [5.74, 6) is -1.63. The van der Waals surface area contributed by atoms with Crippen LogP contribution in [0.15, 0.2) is 97.1 Å². The van der Waals surface area contributed by atoms with Crippen LogP contribution in [0.25, 0.3) is 6.08 Å². The second-order valence-corrected chi connectivity index (χ2v) is 11.0. The van der Waals surface area contributed by atoms with Crippen molar-refractivity contribution in [3.8, 4) is 11.5 Å². The van der Waals surface area contributed by atoms with Gasteiger partial charge in [-0.3, -0.25) is 24.5 Å². The monoisotopic (exact) mass is 586 g/mol. The van der Waals surface area contributed by atoms with Gasteiger partial charge in [0, 0.05) is 46.0 Å². The number of ether oxygens (including phenoxy) is 2. The van der Waals surface area contributed by atoms with Gasteiger partial charge in [-0.2, -0.15) is 0 Å². The van der Waals surface area contributed by atoms with Crippen molar-refractivity contribution >= 4 is 34.8 Å². The van der Waals surface area contributed by atoms with Crippen LogP contribution in [-0.4, -0.2) is 48.6 Å². The van der Waals surface area contributed by atoms with E-state index in [1.807, 2.05) is 41.3 Å². The molecule has 1 spiro atoms. The highest BCUT2D eigenvalue weighted by Gasteiger charge is 2.72. The van der Waals surface area contributed by atoms with E-state index in [1.54, 1.807) is 42.5 Å². The topological polar surface area (TPSA) is 116 Å². The van der Waals surface area contributed by atoms with Gasteiger partial charge in [0.15, 0.2) is 28.8 Å². The number of hydrogen-bond acceptors (Lipinski definition) is 8. The normalized spacial score (nSPS) is 20.7. The van der Waals surface area contributed by atoms with Crippen molar-refractivity contribution in [2.75, 3.05) is 19.1 Å². The summed E-state index contributed by atoms with van der Waals surface area (Å²) >= 11 is 0. The number of nitro benzene ring substituents is 1. The molecule has 2 heterocycles. The molecule has 9 nitrogen and oxygen atoms in total. The molecule has 4 aromatic carbocycles. The average Bonchev–Trinajstić information content (AvgIpc) is 3.49. The van der Waals surface area contributed by atoms with Crippen molar-refractivity contribution in [1.29, 1.82) is 0 Å². The molecule has 7 rings (SSSR count). The average molecular weight is 587 g/mol. The Balaban J connectivity index is 1.58. The summed E-state index contributed by atoms with van der Waals surface area (Å²) in [6, 6.07) is 22.9. The number of ketones is 3. The van der Waals surface area contributed by atoms with E-state index in [2.05, 4.69) is 0 Å². The Kier molecular flexibility index (Phi) is 6.21. The third-order valence-electron chi connectivity index (χ3n) is 9.09. The number of rotatable bonds is 6. The Morgan fingerprint density at radius 2 is 1.55 bits per heavy atom. The maximum Gasteiger partial charge on any atom is 0.270 e. The van der Waals surface area contributed by atoms with Gasteiger partial charge in [-0.15, -0.1) is 0 Å². The molecule has 3 aliphatic rings. The smallest absolute Gasteiger partial charge is 0.270 e. The molecule has 1 fully saturated rings. The zero-order valence-corrected chi connectivity index (χ0v) is 23.8. The summed E-state index contributed by atoms with van der Waals surface area (Å²) in [6.07, 6.45) is 3.70. The van der Waals surface area contributed by atoms with Crippen LogP contribution >= 0.6 is 0 Å². The first-order valence-corrected chi connectivity index (χ1v) is 14.1. The minimum absolute atomic E-state index is 0.0920. The molecule has 0 aromatic heterocycles. The van der Waals surface area contributed by atoms with Crippen LogP contribution in [-0.2, 0) is 0 Å². The second-order valence-electron chi connectivity index (χ2n) is 11.0. The highest BCUT2D eigenvalue weighted by atomic mass is 16.6. The van der Waals surface area contributed by atoms with Gasteiger partial charge in [-0.05, 0) is 17.7 Å². The maximum atomic E-state index is 14.9.